The molecule has 1 N–H and O–H groups in total. The molecule has 8 nitrogen and oxygen atoms in total. The molecule has 32 heavy (non-hydrogen) atoms. The van der Waals surface area contributed by atoms with E-state index in [1.54, 1.807) is 12.1 Å². The maximum Gasteiger partial charge on any atom is 0.233 e. The fourth-order valence-electron chi connectivity index (χ4n) is 6.27. The number of hydrogen-bond donors (Lipinski definition) is 1. The summed E-state index contributed by atoms with van der Waals surface area (Å²) >= 11 is 0. The molecule has 0 aromatic heterocycles. The Morgan fingerprint density at radius 3 is 2.28 bits per heavy atom. The van der Waals surface area contributed by atoms with Crippen molar-refractivity contribution in [1.82, 2.24) is 9.80 Å². The first-order chi connectivity index (χ1) is 15.3. The molecule has 2 heterocycles. The summed E-state index contributed by atoms with van der Waals surface area (Å²) in [5.41, 5.74) is 1.70. The number of ether oxygens (including phenoxy) is 1. The lowest BCUT2D eigenvalue weighted by Crippen LogP contribution is -2.42. The van der Waals surface area contributed by atoms with Gasteiger partial charge in [-0.2, -0.15) is 0 Å². The lowest BCUT2D eigenvalue weighted by molar-refractivity contribution is -0.140. The summed E-state index contributed by atoms with van der Waals surface area (Å²) in [5.74, 6) is -3.28. The summed E-state index contributed by atoms with van der Waals surface area (Å²) in [6.07, 6.45) is 2.82. The van der Waals surface area contributed by atoms with Gasteiger partial charge in [0.15, 0.2) is 11.5 Å². The lowest BCUT2D eigenvalue weighted by Gasteiger charge is -2.44. The molecule has 1 aromatic carbocycles. The Balaban J connectivity index is 1.65. The molecule has 0 radical (unpaired) electrons. The Hall–Kier alpha value is -3.16. The quantitative estimate of drug-likeness (QED) is 0.569. The second-order valence-electron chi connectivity index (χ2n) is 9.16. The molecule has 2 saturated heterocycles. The summed E-state index contributed by atoms with van der Waals surface area (Å²) in [7, 11) is 3.01. The highest BCUT2D eigenvalue weighted by atomic mass is 16.5. The third-order valence-electron chi connectivity index (χ3n) is 7.73. The molecule has 168 valence electrons. The number of aromatic hydroxyl groups is 1. The first-order valence-corrected chi connectivity index (χ1v) is 11.0. The van der Waals surface area contributed by atoms with Gasteiger partial charge in [-0.3, -0.25) is 29.0 Å². The van der Waals surface area contributed by atoms with E-state index in [0.717, 1.165) is 11.1 Å². The van der Waals surface area contributed by atoms with E-state index in [4.69, 9.17) is 4.74 Å². The highest BCUT2D eigenvalue weighted by molar-refractivity contribution is 6.07. The van der Waals surface area contributed by atoms with Gasteiger partial charge in [0.05, 0.1) is 30.3 Å². The van der Waals surface area contributed by atoms with E-state index in [-0.39, 0.29) is 35.3 Å². The minimum Gasteiger partial charge on any atom is -0.504 e. The van der Waals surface area contributed by atoms with Crippen molar-refractivity contribution < 1.29 is 29.0 Å². The van der Waals surface area contributed by atoms with Crippen LogP contribution in [-0.2, 0) is 19.2 Å². The third kappa shape index (κ3) is 2.68. The van der Waals surface area contributed by atoms with Crippen molar-refractivity contribution in [3.8, 4) is 11.5 Å². The largest absolute Gasteiger partial charge is 0.504 e. The number of phenols is 1. The first kappa shape index (κ1) is 20.7. The zero-order chi connectivity index (χ0) is 22.9. The normalized spacial score (nSPS) is 33.8. The Kier molecular flexibility index (Phi) is 4.65. The number of carbonyl (C=O) groups excluding carboxylic acids is 4. The number of imide groups is 2. The van der Waals surface area contributed by atoms with Crippen LogP contribution in [0.5, 0.6) is 11.5 Å². The van der Waals surface area contributed by atoms with E-state index in [2.05, 4.69) is 0 Å². The molecule has 8 heteroatoms. The van der Waals surface area contributed by atoms with Gasteiger partial charge in [0.1, 0.15) is 0 Å². The van der Waals surface area contributed by atoms with Gasteiger partial charge < -0.3 is 9.84 Å². The van der Waals surface area contributed by atoms with E-state index in [1.165, 1.54) is 30.0 Å². The SMILES string of the molecule is CCOc1cc(C2C3=CCC4C(=O)N(C)C(=O)C4C3CC3C(=O)N(C)C(=O)C32)ccc1O. The minimum absolute atomic E-state index is 0.00123. The van der Waals surface area contributed by atoms with Crippen LogP contribution in [0.1, 0.15) is 31.2 Å². The van der Waals surface area contributed by atoms with Crippen molar-refractivity contribution in [2.24, 2.45) is 29.6 Å². The monoisotopic (exact) mass is 438 g/mol. The summed E-state index contributed by atoms with van der Waals surface area (Å²) in [6.45, 7) is 2.18. The van der Waals surface area contributed by atoms with Crippen LogP contribution in [0.4, 0.5) is 0 Å². The van der Waals surface area contributed by atoms with Gasteiger partial charge in [-0.05, 0) is 43.4 Å². The molecular formula is C24H26N2O6. The number of fused-ring (bicyclic) bond motifs is 4. The van der Waals surface area contributed by atoms with Gasteiger partial charge in [-0.1, -0.05) is 17.7 Å². The van der Waals surface area contributed by atoms with Crippen molar-refractivity contribution in [1.29, 1.82) is 0 Å². The van der Waals surface area contributed by atoms with Gasteiger partial charge in [-0.25, -0.2) is 0 Å². The van der Waals surface area contributed by atoms with Crippen LogP contribution in [0.2, 0.25) is 0 Å². The second-order valence-corrected chi connectivity index (χ2v) is 9.16. The van der Waals surface area contributed by atoms with Crippen LogP contribution in [-0.4, -0.2) is 59.2 Å². The summed E-state index contributed by atoms with van der Waals surface area (Å²) in [6, 6.07) is 5.01. The molecule has 0 bridgehead atoms. The van der Waals surface area contributed by atoms with Crippen LogP contribution >= 0.6 is 0 Å². The maximum absolute atomic E-state index is 13.1. The van der Waals surface area contributed by atoms with Crippen LogP contribution in [0.25, 0.3) is 0 Å². The first-order valence-electron chi connectivity index (χ1n) is 11.0. The number of benzene rings is 1. The Bertz CT molecular complexity index is 1080. The third-order valence-corrected chi connectivity index (χ3v) is 7.73. The van der Waals surface area contributed by atoms with Crippen molar-refractivity contribution >= 4 is 23.6 Å². The highest BCUT2D eigenvalue weighted by Gasteiger charge is 2.61. The van der Waals surface area contributed by atoms with Crippen molar-refractivity contribution in [2.45, 2.75) is 25.7 Å². The molecule has 4 amide bonds. The Morgan fingerprint density at radius 1 is 0.938 bits per heavy atom. The number of carbonyl (C=O) groups is 4. The number of phenolic OH excluding ortho intramolecular Hbond substituents is 1. The molecule has 0 spiro atoms. The van der Waals surface area contributed by atoms with Crippen molar-refractivity contribution in [2.75, 3.05) is 20.7 Å². The molecule has 3 fully saturated rings. The van der Waals surface area contributed by atoms with Gasteiger partial charge >= 0.3 is 0 Å². The molecule has 2 aliphatic heterocycles. The summed E-state index contributed by atoms with van der Waals surface area (Å²) in [4.78, 5) is 54.2. The van der Waals surface area contributed by atoms with E-state index >= 15 is 0 Å². The van der Waals surface area contributed by atoms with Gasteiger partial charge in [-0.15, -0.1) is 0 Å². The number of hydrogen-bond acceptors (Lipinski definition) is 6. The topological polar surface area (TPSA) is 104 Å². The zero-order valence-electron chi connectivity index (χ0n) is 18.3. The maximum atomic E-state index is 13.1. The molecule has 1 saturated carbocycles. The Morgan fingerprint density at radius 2 is 1.59 bits per heavy atom. The number of allylic oxidation sites excluding steroid dienone is 2. The van der Waals surface area contributed by atoms with E-state index < -0.39 is 29.6 Å². The average Bonchev–Trinajstić information content (AvgIpc) is 3.14. The standard InChI is InChI=1S/C24H26N2O6/c1-4-32-17-9-11(5-8-16(17)27)18-12-6-7-13-19(23(30)25(2)21(13)28)14(12)10-15-20(18)24(31)26(3)22(15)29/h5-6,8-9,13-15,18-20,27H,4,7,10H2,1-3H3. The number of nitrogens with zero attached hydrogens (tertiary/aromatic N) is 2. The molecule has 1 aromatic rings. The summed E-state index contributed by atoms with van der Waals surface area (Å²) < 4.78 is 5.56. The minimum atomic E-state index is -0.574. The van der Waals surface area contributed by atoms with Gasteiger partial charge in [0.25, 0.3) is 0 Å². The fraction of sp³-hybridized carbons (Fsp3) is 0.500. The zero-order valence-corrected chi connectivity index (χ0v) is 18.3. The van der Waals surface area contributed by atoms with E-state index in [0.29, 0.717) is 25.2 Å². The van der Waals surface area contributed by atoms with E-state index in [1.807, 2.05) is 13.0 Å². The van der Waals surface area contributed by atoms with Gasteiger partial charge in [0.2, 0.25) is 23.6 Å². The molecular weight excluding hydrogens is 412 g/mol. The van der Waals surface area contributed by atoms with Crippen molar-refractivity contribution in [3.05, 3.63) is 35.4 Å². The molecule has 2 aliphatic carbocycles. The van der Waals surface area contributed by atoms with Crippen LogP contribution in [0.15, 0.2) is 29.8 Å². The highest BCUT2D eigenvalue weighted by Crippen LogP contribution is 2.57. The molecule has 6 atom stereocenters. The fourth-order valence-corrected chi connectivity index (χ4v) is 6.27. The number of rotatable bonds is 3. The molecule has 4 aliphatic rings. The predicted molar refractivity (Wildman–Crippen MR) is 112 cm³/mol. The number of amides is 4. The molecule has 6 unspecified atom stereocenters. The smallest absolute Gasteiger partial charge is 0.233 e. The summed E-state index contributed by atoms with van der Waals surface area (Å²) in [5, 5.41) is 10.2. The molecule has 5 rings (SSSR count). The Labute approximate surface area is 185 Å². The average molecular weight is 438 g/mol. The number of likely N-dealkylation sites (tertiary alicyclic amines) is 2. The van der Waals surface area contributed by atoms with Crippen LogP contribution < -0.4 is 4.74 Å². The van der Waals surface area contributed by atoms with Crippen molar-refractivity contribution in [3.63, 3.8) is 0 Å². The van der Waals surface area contributed by atoms with Crippen LogP contribution in [0, 0.1) is 29.6 Å². The lowest BCUT2D eigenvalue weighted by atomic mass is 9.57. The van der Waals surface area contributed by atoms with Crippen LogP contribution in [0.3, 0.4) is 0 Å². The van der Waals surface area contributed by atoms with E-state index in [9.17, 15) is 24.3 Å². The second kappa shape index (κ2) is 7.18. The predicted octanol–water partition coefficient (Wildman–Crippen LogP) is 1.69. The van der Waals surface area contributed by atoms with Gasteiger partial charge in [0, 0.05) is 20.0 Å².